The molecule has 0 aliphatic carbocycles. The van der Waals surface area contributed by atoms with E-state index in [4.69, 9.17) is 5.73 Å². The van der Waals surface area contributed by atoms with Gasteiger partial charge in [0.1, 0.15) is 0 Å². The normalized spacial score (nSPS) is 12.9. The summed E-state index contributed by atoms with van der Waals surface area (Å²) in [5, 5.41) is 7.61. The van der Waals surface area contributed by atoms with E-state index in [-0.39, 0.29) is 6.04 Å². The summed E-state index contributed by atoms with van der Waals surface area (Å²) in [4.78, 5) is 4.39. The highest BCUT2D eigenvalue weighted by Gasteiger charge is 2.09. The standard InChI is InChI=1S/C11H16BrN5/c1-2-3-9(6-13)14-11-15-10-5-4-8(12)7-17(10)16-11/h4-5,7,9H,2-3,6,13H2,1H3,(H,14,16). The number of aromatic nitrogens is 3. The van der Waals surface area contributed by atoms with Gasteiger partial charge in [-0.05, 0) is 34.5 Å². The van der Waals surface area contributed by atoms with Gasteiger partial charge >= 0.3 is 0 Å². The van der Waals surface area contributed by atoms with Crippen molar-refractivity contribution in [2.75, 3.05) is 11.9 Å². The van der Waals surface area contributed by atoms with Gasteiger partial charge < -0.3 is 11.1 Å². The van der Waals surface area contributed by atoms with Crippen molar-refractivity contribution in [2.45, 2.75) is 25.8 Å². The molecule has 0 fully saturated rings. The number of nitrogens with one attached hydrogen (secondary N) is 1. The Bertz CT molecular complexity index is 496. The first kappa shape index (κ1) is 12.3. The second-order valence-electron chi connectivity index (χ2n) is 3.95. The van der Waals surface area contributed by atoms with Crippen molar-refractivity contribution in [3.63, 3.8) is 0 Å². The molecule has 0 aromatic carbocycles. The largest absolute Gasteiger partial charge is 0.349 e. The number of halogens is 1. The molecule has 0 bridgehead atoms. The first-order valence-corrected chi connectivity index (χ1v) is 6.50. The molecular formula is C11H16BrN5. The number of hydrogen-bond donors (Lipinski definition) is 2. The fraction of sp³-hybridized carbons (Fsp3) is 0.455. The summed E-state index contributed by atoms with van der Waals surface area (Å²) in [5.41, 5.74) is 6.51. The fourth-order valence-corrected chi connectivity index (χ4v) is 2.03. The van der Waals surface area contributed by atoms with Crippen molar-refractivity contribution in [3.8, 4) is 0 Å². The van der Waals surface area contributed by atoms with Crippen LogP contribution in [0.1, 0.15) is 19.8 Å². The predicted molar refractivity (Wildman–Crippen MR) is 72.1 cm³/mol. The summed E-state index contributed by atoms with van der Waals surface area (Å²) < 4.78 is 2.72. The number of pyridine rings is 1. The molecule has 0 amide bonds. The van der Waals surface area contributed by atoms with Crippen molar-refractivity contribution in [2.24, 2.45) is 5.73 Å². The smallest absolute Gasteiger partial charge is 0.243 e. The van der Waals surface area contributed by atoms with E-state index in [1.807, 2.05) is 18.3 Å². The molecule has 0 spiro atoms. The van der Waals surface area contributed by atoms with Gasteiger partial charge in [-0.1, -0.05) is 13.3 Å². The monoisotopic (exact) mass is 297 g/mol. The minimum absolute atomic E-state index is 0.237. The van der Waals surface area contributed by atoms with E-state index in [0.717, 1.165) is 23.0 Å². The lowest BCUT2D eigenvalue weighted by molar-refractivity contribution is 0.642. The topological polar surface area (TPSA) is 68.2 Å². The first-order chi connectivity index (χ1) is 8.22. The molecule has 1 atom stereocenters. The predicted octanol–water partition coefficient (Wildman–Crippen LogP) is 2.03. The fourth-order valence-electron chi connectivity index (χ4n) is 1.70. The lowest BCUT2D eigenvalue weighted by atomic mass is 10.2. The molecule has 5 nitrogen and oxygen atoms in total. The number of anilines is 1. The van der Waals surface area contributed by atoms with Gasteiger partial charge in [-0.3, -0.25) is 0 Å². The Morgan fingerprint density at radius 1 is 1.53 bits per heavy atom. The lowest BCUT2D eigenvalue weighted by Crippen LogP contribution is -2.29. The SMILES string of the molecule is CCCC(CN)Nc1nc2ccc(Br)cn2n1. The van der Waals surface area contributed by atoms with Crippen molar-refractivity contribution in [1.29, 1.82) is 0 Å². The van der Waals surface area contributed by atoms with Crippen LogP contribution in [0.4, 0.5) is 5.95 Å². The maximum absolute atomic E-state index is 5.69. The van der Waals surface area contributed by atoms with Gasteiger partial charge in [-0.2, -0.15) is 4.98 Å². The van der Waals surface area contributed by atoms with Crippen LogP contribution in [0.3, 0.4) is 0 Å². The van der Waals surface area contributed by atoms with Crippen LogP contribution in [0, 0.1) is 0 Å². The molecule has 0 aliphatic rings. The Hall–Kier alpha value is -1.14. The van der Waals surface area contributed by atoms with Crippen LogP contribution < -0.4 is 11.1 Å². The summed E-state index contributed by atoms with van der Waals surface area (Å²) >= 11 is 3.40. The van der Waals surface area contributed by atoms with Gasteiger partial charge in [-0.15, -0.1) is 5.10 Å². The highest BCUT2D eigenvalue weighted by molar-refractivity contribution is 9.10. The lowest BCUT2D eigenvalue weighted by Gasteiger charge is -2.13. The minimum Gasteiger partial charge on any atom is -0.349 e. The molecular weight excluding hydrogens is 282 g/mol. The summed E-state index contributed by atoms with van der Waals surface area (Å²) in [6, 6.07) is 4.10. The first-order valence-electron chi connectivity index (χ1n) is 5.71. The molecule has 0 aliphatic heterocycles. The van der Waals surface area contributed by atoms with Gasteiger partial charge in [0.05, 0.1) is 0 Å². The zero-order chi connectivity index (χ0) is 12.3. The maximum Gasteiger partial charge on any atom is 0.243 e. The summed E-state index contributed by atoms with van der Waals surface area (Å²) in [5.74, 6) is 0.631. The number of rotatable bonds is 5. The Morgan fingerprint density at radius 3 is 3.06 bits per heavy atom. The van der Waals surface area contributed by atoms with Gasteiger partial charge in [0.25, 0.3) is 0 Å². The molecule has 92 valence electrons. The van der Waals surface area contributed by atoms with Gasteiger partial charge in [0, 0.05) is 23.3 Å². The zero-order valence-corrected chi connectivity index (χ0v) is 11.3. The van der Waals surface area contributed by atoms with Crippen molar-refractivity contribution >= 4 is 27.5 Å². The number of nitrogens with zero attached hydrogens (tertiary/aromatic N) is 3. The van der Waals surface area contributed by atoms with Gasteiger partial charge in [0.2, 0.25) is 5.95 Å². The van der Waals surface area contributed by atoms with E-state index < -0.39 is 0 Å². The Kier molecular flexibility index (Phi) is 3.96. The van der Waals surface area contributed by atoms with Crippen LogP contribution in [0.5, 0.6) is 0 Å². The Morgan fingerprint density at radius 2 is 2.35 bits per heavy atom. The third-order valence-electron chi connectivity index (χ3n) is 2.55. The molecule has 2 rings (SSSR count). The van der Waals surface area contributed by atoms with Crippen molar-refractivity contribution in [3.05, 3.63) is 22.8 Å². The third-order valence-corrected chi connectivity index (χ3v) is 3.02. The number of fused-ring (bicyclic) bond motifs is 1. The summed E-state index contributed by atoms with van der Waals surface area (Å²) in [7, 11) is 0. The average molecular weight is 298 g/mol. The molecule has 0 radical (unpaired) electrons. The van der Waals surface area contributed by atoms with E-state index >= 15 is 0 Å². The molecule has 2 heterocycles. The van der Waals surface area contributed by atoms with E-state index in [2.05, 4.69) is 38.3 Å². The van der Waals surface area contributed by atoms with E-state index in [1.54, 1.807) is 4.52 Å². The van der Waals surface area contributed by atoms with Crippen LogP contribution in [-0.2, 0) is 0 Å². The second kappa shape index (κ2) is 5.46. The Balaban J connectivity index is 2.18. The maximum atomic E-state index is 5.69. The summed E-state index contributed by atoms with van der Waals surface area (Å²) in [6.07, 6.45) is 3.99. The van der Waals surface area contributed by atoms with Crippen LogP contribution in [0.2, 0.25) is 0 Å². The molecule has 2 aromatic rings. The van der Waals surface area contributed by atoms with Gasteiger partial charge in [0.15, 0.2) is 5.65 Å². The number of nitrogens with two attached hydrogens (primary N) is 1. The highest BCUT2D eigenvalue weighted by Crippen LogP contribution is 2.13. The highest BCUT2D eigenvalue weighted by atomic mass is 79.9. The van der Waals surface area contributed by atoms with E-state index in [9.17, 15) is 0 Å². The minimum atomic E-state index is 0.237. The van der Waals surface area contributed by atoms with Crippen LogP contribution in [0.15, 0.2) is 22.8 Å². The molecule has 0 saturated carbocycles. The quantitative estimate of drug-likeness (QED) is 0.886. The second-order valence-corrected chi connectivity index (χ2v) is 4.87. The molecule has 1 unspecified atom stereocenters. The molecule has 6 heteroatoms. The van der Waals surface area contributed by atoms with Gasteiger partial charge in [-0.25, -0.2) is 4.52 Å². The molecule has 3 N–H and O–H groups in total. The summed E-state index contributed by atoms with van der Waals surface area (Å²) in [6.45, 7) is 2.73. The third kappa shape index (κ3) is 2.95. The van der Waals surface area contributed by atoms with Crippen LogP contribution in [0.25, 0.3) is 5.65 Å². The van der Waals surface area contributed by atoms with Crippen LogP contribution >= 0.6 is 15.9 Å². The average Bonchev–Trinajstić information content (AvgIpc) is 2.69. The van der Waals surface area contributed by atoms with Crippen molar-refractivity contribution < 1.29 is 0 Å². The number of hydrogen-bond acceptors (Lipinski definition) is 4. The molecule has 0 saturated heterocycles. The van der Waals surface area contributed by atoms with Crippen molar-refractivity contribution in [1.82, 2.24) is 14.6 Å². The Labute approximate surface area is 109 Å². The van der Waals surface area contributed by atoms with E-state index in [0.29, 0.717) is 12.5 Å². The zero-order valence-electron chi connectivity index (χ0n) is 9.73. The molecule has 17 heavy (non-hydrogen) atoms. The van der Waals surface area contributed by atoms with Crippen LogP contribution in [-0.4, -0.2) is 27.2 Å². The molecule has 2 aromatic heterocycles. The van der Waals surface area contributed by atoms with E-state index in [1.165, 1.54) is 0 Å².